The highest BCUT2D eigenvalue weighted by atomic mass is 16.5. The summed E-state index contributed by atoms with van der Waals surface area (Å²) in [6.45, 7) is 4.00. The topological polar surface area (TPSA) is 52.1 Å². The molecule has 0 amide bonds. The van der Waals surface area contributed by atoms with Gasteiger partial charge in [0.15, 0.2) is 0 Å². The number of rotatable bonds is 4. The van der Waals surface area contributed by atoms with E-state index in [1.165, 1.54) is 7.11 Å². The molecule has 0 spiro atoms. The van der Waals surface area contributed by atoms with Crippen LogP contribution in [0.15, 0.2) is 6.07 Å². The van der Waals surface area contributed by atoms with Gasteiger partial charge in [-0.25, -0.2) is 9.97 Å². The molecule has 0 bridgehead atoms. The summed E-state index contributed by atoms with van der Waals surface area (Å²) >= 11 is 0. The van der Waals surface area contributed by atoms with E-state index >= 15 is 0 Å². The average molecular weight is 208 g/mol. The molecule has 0 saturated carbocycles. The van der Waals surface area contributed by atoms with Crippen LogP contribution in [0.5, 0.6) is 0 Å². The summed E-state index contributed by atoms with van der Waals surface area (Å²) in [6.07, 6.45) is 2.10. The molecule has 4 nitrogen and oxygen atoms in total. The van der Waals surface area contributed by atoms with Crippen LogP contribution in [0, 0.1) is 6.92 Å². The lowest BCUT2D eigenvalue weighted by Gasteiger charge is -2.04. The maximum Gasteiger partial charge on any atom is 0.313 e. The van der Waals surface area contributed by atoms with Crippen LogP contribution >= 0.6 is 0 Å². The molecule has 0 N–H and O–H groups in total. The largest absolute Gasteiger partial charge is 0.469 e. The molecule has 82 valence electrons. The predicted octanol–water partition coefficient (Wildman–Crippen LogP) is 1.45. The van der Waals surface area contributed by atoms with Crippen molar-refractivity contribution >= 4 is 5.97 Å². The van der Waals surface area contributed by atoms with Gasteiger partial charge in [0.1, 0.15) is 12.2 Å². The molecule has 0 saturated heterocycles. The molecule has 4 heteroatoms. The van der Waals surface area contributed by atoms with E-state index in [1.54, 1.807) is 0 Å². The number of carbonyl (C=O) groups is 1. The Labute approximate surface area is 89.7 Å². The third-order valence-electron chi connectivity index (χ3n) is 1.99. The van der Waals surface area contributed by atoms with E-state index in [2.05, 4.69) is 21.6 Å². The number of hydrogen-bond acceptors (Lipinski definition) is 4. The van der Waals surface area contributed by atoms with Gasteiger partial charge in [0.25, 0.3) is 0 Å². The predicted molar refractivity (Wildman–Crippen MR) is 56.5 cm³/mol. The molecule has 1 aromatic rings. The first-order chi connectivity index (χ1) is 7.15. The lowest BCUT2D eigenvalue weighted by molar-refractivity contribution is -0.139. The van der Waals surface area contributed by atoms with E-state index in [4.69, 9.17) is 0 Å². The molecule has 0 aliphatic rings. The minimum atomic E-state index is -0.303. The third kappa shape index (κ3) is 3.65. The van der Waals surface area contributed by atoms with E-state index in [0.717, 1.165) is 24.2 Å². The summed E-state index contributed by atoms with van der Waals surface area (Å²) in [5.74, 6) is 0.244. The van der Waals surface area contributed by atoms with Gasteiger partial charge in [0, 0.05) is 11.4 Å². The van der Waals surface area contributed by atoms with E-state index in [1.807, 2.05) is 13.0 Å². The van der Waals surface area contributed by atoms with E-state index in [-0.39, 0.29) is 12.4 Å². The Kier molecular flexibility index (Phi) is 4.21. The Hall–Kier alpha value is -1.45. The van der Waals surface area contributed by atoms with Crippen molar-refractivity contribution < 1.29 is 9.53 Å². The molecule has 0 atom stereocenters. The van der Waals surface area contributed by atoms with Crippen molar-refractivity contribution in [3.63, 3.8) is 0 Å². The number of hydrogen-bond donors (Lipinski definition) is 0. The van der Waals surface area contributed by atoms with Gasteiger partial charge in [0.05, 0.1) is 7.11 Å². The molecular formula is C11H16N2O2. The van der Waals surface area contributed by atoms with Crippen molar-refractivity contribution in [1.29, 1.82) is 0 Å². The standard InChI is InChI=1S/C11H16N2O2/c1-4-5-9-6-8(2)12-10(13-9)7-11(14)15-3/h6H,4-5,7H2,1-3H3. The second kappa shape index (κ2) is 5.44. The van der Waals surface area contributed by atoms with Gasteiger partial charge in [0.2, 0.25) is 0 Å². The van der Waals surface area contributed by atoms with Crippen molar-refractivity contribution in [2.24, 2.45) is 0 Å². The van der Waals surface area contributed by atoms with Crippen LogP contribution in [0.1, 0.15) is 30.6 Å². The summed E-state index contributed by atoms with van der Waals surface area (Å²) in [4.78, 5) is 19.6. The van der Waals surface area contributed by atoms with Crippen LogP contribution in [0.25, 0.3) is 0 Å². The van der Waals surface area contributed by atoms with Crippen LogP contribution in [0.4, 0.5) is 0 Å². The number of methoxy groups -OCH3 is 1. The number of aryl methyl sites for hydroxylation is 2. The van der Waals surface area contributed by atoms with E-state index < -0.39 is 0 Å². The summed E-state index contributed by atoms with van der Waals surface area (Å²) in [7, 11) is 1.37. The zero-order valence-corrected chi connectivity index (χ0v) is 9.41. The van der Waals surface area contributed by atoms with Gasteiger partial charge in [-0.15, -0.1) is 0 Å². The zero-order valence-electron chi connectivity index (χ0n) is 9.41. The molecular weight excluding hydrogens is 192 g/mol. The number of aromatic nitrogens is 2. The summed E-state index contributed by atoms with van der Waals surface area (Å²) < 4.78 is 4.57. The van der Waals surface area contributed by atoms with Gasteiger partial charge in [-0.05, 0) is 19.4 Å². The molecule has 0 fully saturated rings. The van der Waals surface area contributed by atoms with Crippen molar-refractivity contribution in [3.8, 4) is 0 Å². The van der Waals surface area contributed by atoms with Gasteiger partial charge >= 0.3 is 5.97 Å². The highest BCUT2D eigenvalue weighted by Crippen LogP contribution is 2.04. The van der Waals surface area contributed by atoms with Crippen molar-refractivity contribution in [3.05, 3.63) is 23.3 Å². The number of ether oxygens (including phenoxy) is 1. The Bertz CT molecular complexity index is 350. The molecule has 1 rings (SSSR count). The van der Waals surface area contributed by atoms with Crippen LogP contribution < -0.4 is 0 Å². The minimum absolute atomic E-state index is 0.148. The monoisotopic (exact) mass is 208 g/mol. The highest BCUT2D eigenvalue weighted by Gasteiger charge is 2.07. The molecule has 0 radical (unpaired) electrons. The summed E-state index contributed by atoms with van der Waals surface area (Å²) in [5, 5.41) is 0. The zero-order chi connectivity index (χ0) is 11.3. The summed E-state index contributed by atoms with van der Waals surface area (Å²) in [6, 6.07) is 1.95. The molecule has 0 aliphatic carbocycles. The maximum atomic E-state index is 11.1. The molecule has 0 unspecified atom stereocenters. The first-order valence-corrected chi connectivity index (χ1v) is 5.06. The van der Waals surface area contributed by atoms with E-state index in [9.17, 15) is 4.79 Å². The van der Waals surface area contributed by atoms with Gasteiger partial charge in [-0.3, -0.25) is 4.79 Å². The average Bonchev–Trinajstić information content (AvgIpc) is 2.17. The normalized spacial score (nSPS) is 10.1. The Morgan fingerprint density at radius 1 is 1.47 bits per heavy atom. The quantitative estimate of drug-likeness (QED) is 0.703. The molecule has 0 aliphatic heterocycles. The fourth-order valence-corrected chi connectivity index (χ4v) is 1.36. The van der Waals surface area contributed by atoms with Crippen molar-refractivity contribution in [2.75, 3.05) is 7.11 Å². The number of nitrogens with zero attached hydrogens (tertiary/aromatic N) is 2. The summed E-state index contributed by atoms with van der Waals surface area (Å²) in [5.41, 5.74) is 1.89. The highest BCUT2D eigenvalue weighted by molar-refractivity contribution is 5.71. The smallest absolute Gasteiger partial charge is 0.313 e. The Morgan fingerprint density at radius 2 is 2.20 bits per heavy atom. The first-order valence-electron chi connectivity index (χ1n) is 5.06. The van der Waals surface area contributed by atoms with E-state index in [0.29, 0.717) is 5.82 Å². The number of esters is 1. The Balaban J connectivity index is 2.83. The van der Waals surface area contributed by atoms with Gasteiger partial charge < -0.3 is 4.74 Å². The first kappa shape index (κ1) is 11.6. The lowest BCUT2D eigenvalue weighted by Crippen LogP contribution is -2.10. The van der Waals surface area contributed by atoms with Gasteiger partial charge in [-0.2, -0.15) is 0 Å². The van der Waals surface area contributed by atoms with Crippen molar-refractivity contribution in [2.45, 2.75) is 33.1 Å². The molecule has 15 heavy (non-hydrogen) atoms. The molecule has 1 aromatic heterocycles. The van der Waals surface area contributed by atoms with Crippen LogP contribution in [-0.2, 0) is 22.4 Å². The molecule has 0 aromatic carbocycles. The third-order valence-corrected chi connectivity index (χ3v) is 1.99. The Morgan fingerprint density at radius 3 is 2.80 bits per heavy atom. The number of carbonyl (C=O) groups excluding carboxylic acids is 1. The fourth-order valence-electron chi connectivity index (χ4n) is 1.36. The lowest BCUT2D eigenvalue weighted by atomic mass is 10.2. The molecule has 1 heterocycles. The second-order valence-corrected chi connectivity index (χ2v) is 3.42. The second-order valence-electron chi connectivity index (χ2n) is 3.42. The van der Waals surface area contributed by atoms with Crippen LogP contribution in [-0.4, -0.2) is 23.0 Å². The SMILES string of the molecule is CCCc1cc(C)nc(CC(=O)OC)n1. The minimum Gasteiger partial charge on any atom is -0.469 e. The van der Waals surface area contributed by atoms with Crippen LogP contribution in [0.2, 0.25) is 0 Å². The fraction of sp³-hybridized carbons (Fsp3) is 0.545. The van der Waals surface area contributed by atoms with Crippen molar-refractivity contribution in [1.82, 2.24) is 9.97 Å². The van der Waals surface area contributed by atoms with Crippen LogP contribution in [0.3, 0.4) is 0 Å². The van der Waals surface area contributed by atoms with Gasteiger partial charge in [-0.1, -0.05) is 13.3 Å². The maximum absolute atomic E-state index is 11.1.